The lowest BCUT2D eigenvalue weighted by molar-refractivity contribution is 0.949. The maximum absolute atomic E-state index is 2.77. The highest BCUT2D eigenvalue weighted by Gasteiger charge is 2.11. The quantitative estimate of drug-likeness (QED) is 0.520. The molecule has 1 fully saturated rings. The average molecular weight is 152 g/mol. The summed E-state index contributed by atoms with van der Waals surface area (Å²) in [6.07, 6.45) is 6.02. The Labute approximate surface area is 52.3 Å². The maximum Gasteiger partial charge on any atom is -0.0230 e. The van der Waals surface area contributed by atoms with Crippen LogP contribution in [0.5, 0.6) is 0 Å². The normalized spacial score (nSPS) is 23.6. The van der Waals surface area contributed by atoms with Crippen molar-refractivity contribution >= 4 is 26.6 Å². The second-order valence-corrected chi connectivity index (χ2v) is 7.89. The zero-order valence-corrected chi connectivity index (χ0v) is 7.13. The summed E-state index contributed by atoms with van der Waals surface area (Å²) >= 11 is 2.01. The van der Waals surface area contributed by atoms with E-state index in [0.717, 1.165) is 0 Å². The van der Waals surface area contributed by atoms with Gasteiger partial charge in [-0.3, -0.25) is 0 Å². The molecule has 1 unspecified atom stereocenters. The predicted molar refractivity (Wildman–Crippen MR) is 43.2 cm³/mol. The fourth-order valence-corrected chi connectivity index (χ4v) is 5.68. The van der Waals surface area contributed by atoms with Gasteiger partial charge in [-0.25, -0.2) is 0 Å². The third kappa shape index (κ3) is 1.88. The molecule has 7 heavy (non-hydrogen) atoms. The second kappa shape index (κ2) is 3.28. The minimum Gasteiger partial charge on any atom is -0.114 e. The van der Waals surface area contributed by atoms with Crippen LogP contribution in [0.4, 0.5) is 0 Å². The van der Waals surface area contributed by atoms with Crippen molar-refractivity contribution in [3.8, 4) is 0 Å². The van der Waals surface area contributed by atoms with Gasteiger partial charge in [0.1, 0.15) is 0 Å². The Morgan fingerprint density at radius 2 is 1.86 bits per heavy atom. The summed E-state index contributed by atoms with van der Waals surface area (Å²) in [5, 5.41) is 0. The van der Waals surface area contributed by atoms with E-state index >= 15 is 0 Å². The molecule has 0 aromatic rings. The largest absolute Gasteiger partial charge is 0.114 e. The van der Waals surface area contributed by atoms with Crippen molar-refractivity contribution in [1.82, 2.24) is 0 Å². The molecule has 0 nitrogen and oxygen atoms in total. The Balaban J connectivity index is 2.14. The molecule has 0 amide bonds. The molecule has 0 bridgehead atoms. The molecule has 0 aliphatic carbocycles. The molecular formula is C4H10P2S. The van der Waals surface area contributed by atoms with E-state index in [0.29, 0.717) is 7.12 Å². The van der Waals surface area contributed by atoms with Crippen LogP contribution in [0.1, 0.15) is 12.8 Å². The molecule has 0 spiro atoms. The van der Waals surface area contributed by atoms with E-state index in [9.17, 15) is 0 Å². The van der Waals surface area contributed by atoms with E-state index < -0.39 is 0 Å². The zero-order chi connectivity index (χ0) is 5.11. The van der Waals surface area contributed by atoms with Gasteiger partial charge < -0.3 is 0 Å². The molecule has 1 saturated heterocycles. The van der Waals surface area contributed by atoms with Gasteiger partial charge in [-0.1, -0.05) is 8.44 Å². The first-order valence-corrected chi connectivity index (χ1v) is 7.16. The molecule has 0 N–H and O–H groups in total. The lowest BCUT2D eigenvalue weighted by atomic mass is 10.4. The summed E-state index contributed by atoms with van der Waals surface area (Å²) in [5.74, 6) is 0. The Morgan fingerprint density at radius 3 is 2.14 bits per heavy atom. The SMILES string of the molecule is PSP1CCCC1. The highest BCUT2D eigenvalue weighted by Crippen LogP contribution is 2.57. The molecule has 0 aromatic carbocycles. The second-order valence-electron chi connectivity index (χ2n) is 1.74. The molecule has 0 aromatic heterocycles. The first-order chi connectivity index (χ1) is 3.43. The Kier molecular flexibility index (Phi) is 2.97. The van der Waals surface area contributed by atoms with E-state index in [1.54, 1.807) is 0 Å². The molecule has 1 heterocycles. The van der Waals surface area contributed by atoms with Crippen LogP contribution in [0, 0.1) is 0 Å². The predicted octanol–water partition coefficient (Wildman–Crippen LogP) is 2.70. The smallest absolute Gasteiger partial charge is 0.0230 e. The minimum atomic E-state index is 0.437. The van der Waals surface area contributed by atoms with Gasteiger partial charge in [0.25, 0.3) is 0 Å². The van der Waals surface area contributed by atoms with Crippen molar-refractivity contribution in [3.63, 3.8) is 0 Å². The van der Waals surface area contributed by atoms with E-state index in [1.807, 2.05) is 11.0 Å². The highest BCUT2D eigenvalue weighted by molar-refractivity contribution is 8.79. The average Bonchev–Trinajstić information content (AvgIpc) is 2.14. The standard InChI is InChI=1S/C4H10P2S/c5-7-6-3-1-2-4-6/h1-5H2. The van der Waals surface area contributed by atoms with Gasteiger partial charge in [-0.2, -0.15) is 0 Å². The van der Waals surface area contributed by atoms with Gasteiger partial charge >= 0.3 is 0 Å². The Morgan fingerprint density at radius 1 is 1.29 bits per heavy atom. The molecule has 1 atom stereocenters. The molecule has 3 heteroatoms. The fraction of sp³-hybridized carbons (Fsp3) is 1.00. The van der Waals surface area contributed by atoms with Crippen molar-refractivity contribution in [3.05, 3.63) is 0 Å². The molecule has 1 rings (SSSR count). The van der Waals surface area contributed by atoms with E-state index in [4.69, 9.17) is 0 Å². The molecule has 1 aliphatic heterocycles. The van der Waals surface area contributed by atoms with Gasteiger partial charge in [0.15, 0.2) is 0 Å². The zero-order valence-electron chi connectivity index (χ0n) is 4.26. The topological polar surface area (TPSA) is 0 Å². The summed E-state index contributed by atoms with van der Waals surface area (Å²) in [6.45, 7) is 0. The summed E-state index contributed by atoms with van der Waals surface area (Å²) in [6, 6.07) is 0. The number of hydrogen-bond acceptors (Lipinski definition) is 1. The van der Waals surface area contributed by atoms with Crippen LogP contribution in [0.3, 0.4) is 0 Å². The van der Waals surface area contributed by atoms with Crippen molar-refractivity contribution < 1.29 is 0 Å². The van der Waals surface area contributed by atoms with Gasteiger partial charge in [0, 0.05) is 0 Å². The molecule has 0 radical (unpaired) electrons. The van der Waals surface area contributed by atoms with Crippen molar-refractivity contribution in [1.29, 1.82) is 0 Å². The molecule has 1 aliphatic rings. The molecule has 42 valence electrons. The number of hydrogen-bond donors (Lipinski definition) is 0. The first kappa shape index (κ1) is 6.33. The van der Waals surface area contributed by atoms with Crippen LogP contribution in [0.2, 0.25) is 0 Å². The van der Waals surface area contributed by atoms with Crippen LogP contribution >= 0.6 is 26.6 Å². The van der Waals surface area contributed by atoms with E-state index in [-0.39, 0.29) is 0 Å². The summed E-state index contributed by atoms with van der Waals surface area (Å²) in [5.41, 5.74) is 0. The maximum atomic E-state index is 2.77. The van der Waals surface area contributed by atoms with Crippen molar-refractivity contribution in [2.75, 3.05) is 12.3 Å². The van der Waals surface area contributed by atoms with Gasteiger partial charge in [-0.15, -0.1) is 11.0 Å². The van der Waals surface area contributed by atoms with Crippen LogP contribution < -0.4 is 0 Å². The third-order valence-electron chi connectivity index (χ3n) is 1.21. The van der Waals surface area contributed by atoms with Crippen LogP contribution in [-0.2, 0) is 0 Å². The highest BCUT2D eigenvalue weighted by atomic mass is 33.1. The lowest BCUT2D eigenvalue weighted by Crippen LogP contribution is -1.60. The van der Waals surface area contributed by atoms with Gasteiger partial charge in [0.05, 0.1) is 0 Å². The summed E-state index contributed by atoms with van der Waals surface area (Å²) in [4.78, 5) is 0. The van der Waals surface area contributed by atoms with E-state index in [1.165, 1.54) is 25.2 Å². The van der Waals surface area contributed by atoms with Crippen LogP contribution in [-0.4, -0.2) is 12.3 Å². The fourth-order valence-electron chi connectivity index (χ4n) is 0.794. The monoisotopic (exact) mass is 152 g/mol. The summed E-state index contributed by atoms with van der Waals surface area (Å²) < 4.78 is 0. The Hall–Kier alpha value is 1.21. The molecule has 0 saturated carbocycles. The van der Waals surface area contributed by atoms with Crippen molar-refractivity contribution in [2.45, 2.75) is 12.8 Å². The minimum absolute atomic E-state index is 0.437. The van der Waals surface area contributed by atoms with E-state index in [2.05, 4.69) is 8.44 Å². The van der Waals surface area contributed by atoms with Crippen molar-refractivity contribution in [2.24, 2.45) is 0 Å². The Bertz CT molecular complexity index is 51.7. The first-order valence-electron chi connectivity index (χ1n) is 2.55. The summed E-state index contributed by atoms with van der Waals surface area (Å²) in [7, 11) is 3.21. The third-order valence-corrected chi connectivity index (χ3v) is 7.82. The van der Waals surface area contributed by atoms with Crippen LogP contribution in [0.25, 0.3) is 0 Å². The van der Waals surface area contributed by atoms with Gasteiger partial charge in [-0.05, 0) is 32.3 Å². The number of rotatable bonds is 1. The molecular weight excluding hydrogens is 142 g/mol. The van der Waals surface area contributed by atoms with Gasteiger partial charge in [0.2, 0.25) is 0 Å². The van der Waals surface area contributed by atoms with Crippen LogP contribution in [0.15, 0.2) is 0 Å². The lowest BCUT2D eigenvalue weighted by Gasteiger charge is -2.00.